The molecule has 2 aliphatic rings. The van der Waals surface area contributed by atoms with Crippen LogP contribution in [0.2, 0.25) is 0 Å². The Morgan fingerprint density at radius 3 is 2.70 bits per heavy atom. The molecule has 6 heteroatoms. The van der Waals surface area contributed by atoms with Gasteiger partial charge in [-0.15, -0.1) is 0 Å². The lowest BCUT2D eigenvalue weighted by Crippen LogP contribution is -2.46. The number of benzene rings is 1. The zero-order chi connectivity index (χ0) is 18.5. The number of anilines is 1. The number of nitrogens with zero attached hydrogens (tertiary/aromatic N) is 3. The van der Waals surface area contributed by atoms with Crippen LogP contribution in [0.1, 0.15) is 37.7 Å². The van der Waals surface area contributed by atoms with Gasteiger partial charge in [0.1, 0.15) is 12.1 Å². The van der Waals surface area contributed by atoms with Crippen LogP contribution in [-0.2, 0) is 11.2 Å². The molecule has 6 nitrogen and oxygen atoms in total. The Hall–Kier alpha value is -1.76. The lowest BCUT2D eigenvalue weighted by atomic mass is 9.90. The van der Waals surface area contributed by atoms with Crippen LogP contribution in [-0.4, -0.2) is 65.0 Å². The second-order valence-corrected chi connectivity index (χ2v) is 7.70. The van der Waals surface area contributed by atoms with Crippen LogP contribution in [0.3, 0.4) is 0 Å². The molecule has 0 spiro atoms. The Labute approximate surface area is 161 Å². The number of morpholine rings is 1. The number of aliphatic hydroxyl groups is 1. The molecule has 27 heavy (non-hydrogen) atoms. The summed E-state index contributed by atoms with van der Waals surface area (Å²) in [6.45, 7) is 4.14. The largest absolute Gasteiger partial charge is 0.396 e. The maximum atomic E-state index is 9.08. The molecule has 146 valence electrons. The van der Waals surface area contributed by atoms with Gasteiger partial charge in [-0.1, -0.05) is 6.07 Å². The van der Waals surface area contributed by atoms with Gasteiger partial charge in [0.05, 0.1) is 18.7 Å². The number of hydrogen-bond acceptors (Lipinski definition) is 6. The molecule has 4 rings (SSSR count). The van der Waals surface area contributed by atoms with Gasteiger partial charge >= 0.3 is 0 Å². The van der Waals surface area contributed by atoms with Gasteiger partial charge in [-0.05, 0) is 56.2 Å². The second kappa shape index (κ2) is 8.95. The van der Waals surface area contributed by atoms with Crippen LogP contribution < -0.4 is 5.32 Å². The Bertz CT molecular complexity index is 740. The first-order valence-electron chi connectivity index (χ1n) is 10.3. The quantitative estimate of drug-likeness (QED) is 0.815. The van der Waals surface area contributed by atoms with Crippen molar-refractivity contribution in [3.63, 3.8) is 0 Å². The zero-order valence-electron chi connectivity index (χ0n) is 15.9. The highest BCUT2D eigenvalue weighted by Gasteiger charge is 2.27. The Kier molecular flexibility index (Phi) is 6.17. The summed E-state index contributed by atoms with van der Waals surface area (Å²) in [6.07, 6.45) is 8.15. The minimum atomic E-state index is 0.223. The van der Waals surface area contributed by atoms with E-state index in [4.69, 9.17) is 9.84 Å². The molecule has 0 radical (unpaired) electrons. The van der Waals surface area contributed by atoms with Gasteiger partial charge in [0.25, 0.3) is 0 Å². The van der Waals surface area contributed by atoms with Crippen LogP contribution in [0.4, 0.5) is 5.82 Å². The van der Waals surface area contributed by atoms with Crippen molar-refractivity contribution in [2.75, 3.05) is 38.2 Å². The predicted molar refractivity (Wildman–Crippen MR) is 107 cm³/mol. The van der Waals surface area contributed by atoms with Gasteiger partial charge in [0, 0.05) is 37.2 Å². The van der Waals surface area contributed by atoms with Gasteiger partial charge < -0.3 is 15.2 Å². The molecule has 2 aromatic rings. The molecule has 2 heterocycles. The summed E-state index contributed by atoms with van der Waals surface area (Å²) in [5.74, 6) is 0.945. The first kappa shape index (κ1) is 18.6. The first-order chi connectivity index (χ1) is 13.3. The van der Waals surface area contributed by atoms with Crippen LogP contribution in [0.5, 0.6) is 0 Å². The fraction of sp³-hybridized carbons (Fsp3) is 0.619. The number of rotatable bonds is 6. The van der Waals surface area contributed by atoms with Crippen molar-refractivity contribution < 1.29 is 9.84 Å². The number of aliphatic hydroxyl groups excluding tert-OH is 1. The topological polar surface area (TPSA) is 70.5 Å². The Morgan fingerprint density at radius 2 is 1.93 bits per heavy atom. The van der Waals surface area contributed by atoms with Crippen molar-refractivity contribution in [3.05, 3.63) is 30.1 Å². The predicted octanol–water partition coefficient (Wildman–Crippen LogP) is 2.61. The van der Waals surface area contributed by atoms with Crippen molar-refractivity contribution in [2.24, 2.45) is 0 Å². The van der Waals surface area contributed by atoms with Crippen molar-refractivity contribution >= 4 is 16.7 Å². The fourth-order valence-corrected chi connectivity index (χ4v) is 4.38. The van der Waals surface area contributed by atoms with Gasteiger partial charge in [-0.2, -0.15) is 0 Å². The molecule has 1 aromatic carbocycles. The van der Waals surface area contributed by atoms with Gasteiger partial charge in [0.15, 0.2) is 0 Å². The van der Waals surface area contributed by atoms with E-state index in [0.717, 1.165) is 55.9 Å². The van der Waals surface area contributed by atoms with Crippen LogP contribution >= 0.6 is 0 Å². The number of fused-ring (bicyclic) bond motifs is 1. The second-order valence-electron chi connectivity index (χ2n) is 7.70. The van der Waals surface area contributed by atoms with E-state index < -0.39 is 0 Å². The molecule has 1 aliphatic heterocycles. The number of ether oxygens (including phenoxy) is 1. The van der Waals surface area contributed by atoms with Crippen molar-refractivity contribution in [3.8, 4) is 0 Å². The molecule has 1 saturated carbocycles. The van der Waals surface area contributed by atoms with E-state index in [1.807, 2.05) is 0 Å². The maximum absolute atomic E-state index is 9.08. The molecular formula is C21H30N4O2. The summed E-state index contributed by atoms with van der Waals surface area (Å²) in [7, 11) is 0. The highest BCUT2D eigenvalue weighted by Crippen LogP contribution is 2.28. The van der Waals surface area contributed by atoms with Gasteiger partial charge in [0.2, 0.25) is 0 Å². The minimum Gasteiger partial charge on any atom is -0.396 e. The van der Waals surface area contributed by atoms with Crippen LogP contribution in [0, 0.1) is 0 Å². The standard InChI is InChI=1S/C21H30N4O2/c26-11-1-2-16-3-8-20-19(14-16)21(23-15-22-20)24-17-4-6-18(7-5-17)25-9-12-27-13-10-25/h3,8,14-15,17-18,26H,1-2,4-7,9-13H2,(H,22,23,24)/t17-,18-. The van der Waals surface area contributed by atoms with E-state index in [9.17, 15) is 0 Å². The smallest absolute Gasteiger partial charge is 0.137 e. The summed E-state index contributed by atoms with van der Waals surface area (Å²) in [6, 6.07) is 7.51. The summed E-state index contributed by atoms with van der Waals surface area (Å²) in [5.41, 5.74) is 2.20. The van der Waals surface area contributed by atoms with Crippen molar-refractivity contribution in [1.29, 1.82) is 0 Å². The number of aromatic nitrogens is 2. The third-order valence-electron chi connectivity index (χ3n) is 5.92. The zero-order valence-corrected chi connectivity index (χ0v) is 15.9. The molecule has 0 unspecified atom stereocenters. The van der Waals surface area contributed by atoms with Crippen LogP contribution in [0.15, 0.2) is 24.5 Å². The number of hydrogen-bond donors (Lipinski definition) is 2. The average molecular weight is 370 g/mol. The molecule has 0 atom stereocenters. The molecular weight excluding hydrogens is 340 g/mol. The van der Waals surface area contributed by atoms with E-state index in [-0.39, 0.29) is 6.61 Å². The highest BCUT2D eigenvalue weighted by molar-refractivity contribution is 5.89. The summed E-state index contributed by atoms with van der Waals surface area (Å²) < 4.78 is 5.48. The van der Waals surface area contributed by atoms with E-state index in [1.54, 1.807) is 6.33 Å². The SMILES string of the molecule is OCCCc1ccc2ncnc(N[C@H]3CC[C@H](N4CCOCC4)CC3)c2c1. The molecule has 1 saturated heterocycles. The van der Waals surface area contributed by atoms with Gasteiger partial charge in [-0.3, -0.25) is 4.90 Å². The summed E-state index contributed by atoms with van der Waals surface area (Å²) in [5, 5.41) is 13.9. The lowest BCUT2D eigenvalue weighted by molar-refractivity contribution is 0.00791. The third kappa shape index (κ3) is 4.57. The van der Waals surface area contributed by atoms with E-state index in [1.165, 1.54) is 31.2 Å². The lowest BCUT2D eigenvalue weighted by Gasteiger charge is -2.39. The summed E-state index contributed by atoms with van der Waals surface area (Å²) in [4.78, 5) is 11.5. The number of aryl methyl sites for hydroxylation is 1. The third-order valence-corrected chi connectivity index (χ3v) is 5.92. The molecule has 1 aliphatic carbocycles. The molecule has 2 fully saturated rings. The van der Waals surface area contributed by atoms with Gasteiger partial charge in [-0.25, -0.2) is 9.97 Å². The van der Waals surface area contributed by atoms with E-state index >= 15 is 0 Å². The average Bonchev–Trinajstić information content (AvgIpc) is 2.74. The number of nitrogens with one attached hydrogen (secondary N) is 1. The molecule has 0 amide bonds. The molecule has 1 aromatic heterocycles. The maximum Gasteiger partial charge on any atom is 0.137 e. The van der Waals surface area contributed by atoms with Crippen molar-refractivity contribution in [2.45, 2.75) is 50.6 Å². The Balaban J connectivity index is 1.41. The molecule has 0 bridgehead atoms. The minimum absolute atomic E-state index is 0.223. The molecule has 2 N–H and O–H groups in total. The van der Waals surface area contributed by atoms with E-state index in [2.05, 4.69) is 38.4 Å². The van der Waals surface area contributed by atoms with E-state index in [0.29, 0.717) is 12.1 Å². The Morgan fingerprint density at radius 1 is 1.11 bits per heavy atom. The van der Waals surface area contributed by atoms with Crippen molar-refractivity contribution in [1.82, 2.24) is 14.9 Å². The monoisotopic (exact) mass is 370 g/mol. The normalized spacial score (nSPS) is 24.2. The highest BCUT2D eigenvalue weighted by atomic mass is 16.5. The summed E-state index contributed by atoms with van der Waals surface area (Å²) >= 11 is 0. The fourth-order valence-electron chi connectivity index (χ4n) is 4.38. The first-order valence-corrected chi connectivity index (χ1v) is 10.3. The van der Waals surface area contributed by atoms with Crippen LogP contribution in [0.25, 0.3) is 10.9 Å².